The number of anilines is 1. The number of nitrogens with two attached hydrogens (primary N) is 1. The molecule has 1 aromatic carbocycles. The Morgan fingerprint density at radius 1 is 1.40 bits per heavy atom. The zero-order valence-electron chi connectivity index (χ0n) is 11.1. The van der Waals surface area contributed by atoms with Crippen molar-refractivity contribution in [3.63, 3.8) is 0 Å². The molecule has 5 nitrogen and oxygen atoms in total. The molecule has 0 bridgehead atoms. The first-order valence-corrected chi connectivity index (χ1v) is 8.02. The summed E-state index contributed by atoms with van der Waals surface area (Å²) in [5.74, 6) is -1.03. The van der Waals surface area contributed by atoms with Crippen molar-refractivity contribution in [2.75, 3.05) is 25.4 Å². The molecule has 114 valence electrons. The van der Waals surface area contributed by atoms with Gasteiger partial charge < -0.3 is 10.8 Å². The number of aliphatic hydroxyl groups excluding tert-OH is 1. The number of aliphatic hydroxyl groups is 1. The van der Waals surface area contributed by atoms with E-state index < -0.39 is 20.7 Å². The van der Waals surface area contributed by atoms with Gasteiger partial charge in [-0.3, -0.25) is 0 Å². The molecule has 20 heavy (non-hydrogen) atoms. The molecule has 0 aliphatic rings. The molecule has 1 aromatic rings. The fraction of sp³-hybridized carbons (Fsp3) is 0.500. The molecule has 3 N–H and O–H groups in total. The minimum Gasteiger partial charge on any atom is -0.399 e. The van der Waals surface area contributed by atoms with Crippen molar-refractivity contribution in [3.8, 4) is 0 Å². The molecule has 0 atom stereocenters. The third-order valence-corrected chi connectivity index (χ3v) is 4.92. The number of halogens is 2. The van der Waals surface area contributed by atoms with Crippen molar-refractivity contribution in [3.05, 3.63) is 23.0 Å². The van der Waals surface area contributed by atoms with Crippen LogP contribution in [-0.4, -0.2) is 37.5 Å². The van der Waals surface area contributed by atoms with Crippen molar-refractivity contribution in [1.82, 2.24) is 4.31 Å². The maximum atomic E-state index is 13.9. The lowest BCUT2D eigenvalue weighted by Gasteiger charge is -2.21. The third kappa shape index (κ3) is 3.82. The Hall–Kier alpha value is -0.890. The lowest BCUT2D eigenvalue weighted by molar-refractivity contribution is 0.252. The van der Waals surface area contributed by atoms with Crippen LogP contribution in [0.5, 0.6) is 0 Å². The Bertz CT molecular complexity index is 566. The standard InChI is InChI=1S/C12H18ClFN2O3S/c1-2-3-4-16(5-6-17)20(18,19)11-8-9(15)7-10(13)12(11)14/h7-8,17H,2-6,15H2,1H3. The summed E-state index contributed by atoms with van der Waals surface area (Å²) < 4.78 is 39.8. The second-order valence-electron chi connectivity index (χ2n) is 4.30. The number of unbranched alkanes of at least 4 members (excludes halogenated alkanes) is 1. The summed E-state index contributed by atoms with van der Waals surface area (Å²) in [5.41, 5.74) is 5.58. The smallest absolute Gasteiger partial charge is 0.246 e. The van der Waals surface area contributed by atoms with Crippen LogP contribution >= 0.6 is 11.6 Å². The molecule has 0 fully saturated rings. The van der Waals surface area contributed by atoms with Crippen molar-refractivity contribution in [1.29, 1.82) is 0 Å². The van der Waals surface area contributed by atoms with E-state index in [4.69, 9.17) is 22.4 Å². The zero-order valence-corrected chi connectivity index (χ0v) is 12.7. The molecule has 0 saturated heterocycles. The summed E-state index contributed by atoms with van der Waals surface area (Å²) in [6.45, 7) is 1.65. The van der Waals surface area contributed by atoms with Crippen LogP contribution in [0, 0.1) is 5.82 Å². The zero-order chi connectivity index (χ0) is 15.3. The van der Waals surface area contributed by atoms with Gasteiger partial charge in [0.25, 0.3) is 0 Å². The molecular formula is C12H18ClFN2O3S. The van der Waals surface area contributed by atoms with Gasteiger partial charge in [0.15, 0.2) is 5.82 Å². The number of hydrogen-bond donors (Lipinski definition) is 2. The van der Waals surface area contributed by atoms with Crippen molar-refractivity contribution in [2.45, 2.75) is 24.7 Å². The molecule has 0 radical (unpaired) electrons. The highest BCUT2D eigenvalue weighted by molar-refractivity contribution is 7.89. The summed E-state index contributed by atoms with van der Waals surface area (Å²) in [4.78, 5) is -0.563. The predicted octanol–water partition coefficient (Wildman–Crippen LogP) is 1.84. The van der Waals surface area contributed by atoms with Gasteiger partial charge in [-0.2, -0.15) is 4.31 Å². The summed E-state index contributed by atoms with van der Waals surface area (Å²) >= 11 is 5.62. The Morgan fingerprint density at radius 2 is 2.05 bits per heavy atom. The second kappa shape index (κ2) is 7.21. The fourth-order valence-corrected chi connectivity index (χ4v) is 3.58. The van der Waals surface area contributed by atoms with E-state index in [1.807, 2.05) is 6.92 Å². The molecule has 0 aromatic heterocycles. The highest BCUT2D eigenvalue weighted by Gasteiger charge is 2.28. The van der Waals surface area contributed by atoms with Gasteiger partial charge in [-0.1, -0.05) is 24.9 Å². The molecule has 8 heteroatoms. The number of benzene rings is 1. The van der Waals surface area contributed by atoms with E-state index >= 15 is 0 Å². The summed E-state index contributed by atoms with van der Waals surface area (Å²) in [7, 11) is -4.08. The van der Waals surface area contributed by atoms with E-state index in [1.165, 1.54) is 0 Å². The molecule has 0 spiro atoms. The van der Waals surface area contributed by atoms with E-state index in [0.717, 1.165) is 22.9 Å². The lowest BCUT2D eigenvalue weighted by Crippen LogP contribution is -2.35. The van der Waals surface area contributed by atoms with Gasteiger partial charge in [0, 0.05) is 18.8 Å². The molecule has 1 rings (SSSR count). The van der Waals surface area contributed by atoms with Gasteiger partial charge in [0.1, 0.15) is 4.90 Å². The highest BCUT2D eigenvalue weighted by Crippen LogP contribution is 2.28. The number of rotatable bonds is 7. The maximum Gasteiger partial charge on any atom is 0.246 e. The van der Waals surface area contributed by atoms with E-state index in [9.17, 15) is 12.8 Å². The van der Waals surface area contributed by atoms with Crippen LogP contribution in [0.1, 0.15) is 19.8 Å². The molecule has 0 aliphatic carbocycles. The lowest BCUT2D eigenvalue weighted by atomic mass is 10.3. The number of nitrogens with zero attached hydrogens (tertiary/aromatic N) is 1. The predicted molar refractivity (Wildman–Crippen MR) is 76.6 cm³/mol. The first kappa shape index (κ1) is 17.2. The maximum absolute atomic E-state index is 13.9. The van der Waals surface area contributed by atoms with Crippen LogP contribution in [0.2, 0.25) is 5.02 Å². The second-order valence-corrected chi connectivity index (χ2v) is 6.61. The van der Waals surface area contributed by atoms with Crippen molar-refractivity contribution >= 4 is 27.3 Å². The number of sulfonamides is 1. The number of hydrogen-bond acceptors (Lipinski definition) is 4. The highest BCUT2D eigenvalue weighted by atomic mass is 35.5. The van der Waals surface area contributed by atoms with Gasteiger partial charge in [-0.15, -0.1) is 0 Å². The minimum absolute atomic E-state index is 0.0643. The number of nitrogen functional groups attached to an aromatic ring is 1. The largest absolute Gasteiger partial charge is 0.399 e. The van der Waals surface area contributed by atoms with Crippen LogP contribution in [0.25, 0.3) is 0 Å². The van der Waals surface area contributed by atoms with Crippen LogP contribution in [-0.2, 0) is 10.0 Å². The first-order chi connectivity index (χ1) is 9.34. The molecule has 0 aliphatic heterocycles. The monoisotopic (exact) mass is 324 g/mol. The van der Waals surface area contributed by atoms with Crippen LogP contribution in [0.15, 0.2) is 17.0 Å². The Balaban J connectivity index is 3.25. The average Bonchev–Trinajstić information content (AvgIpc) is 2.38. The summed E-state index contributed by atoms with van der Waals surface area (Å²) in [6.07, 6.45) is 1.38. The molecule has 0 unspecified atom stereocenters. The third-order valence-electron chi connectivity index (χ3n) is 2.75. The van der Waals surface area contributed by atoms with Crippen LogP contribution in [0.4, 0.5) is 10.1 Å². The summed E-state index contributed by atoms with van der Waals surface area (Å²) in [6, 6.07) is 2.19. The topological polar surface area (TPSA) is 83.6 Å². The summed E-state index contributed by atoms with van der Waals surface area (Å²) in [5, 5.41) is 8.63. The van der Waals surface area contributed by atoms with E-state index in [1.54, 1.807) is 0 Å². The normalized spacial score (nSPS) is 12.1. The van der Waals surface area contributed by atoms with Gasteiger partial charge >= 0.3 is 0 Å². The molecule has 0 heterocycles. The van der Waals surface area contributed by atoms with Crippen LogP contribution in [0.3, 0.4) is 0 Å². The molecular weight excluding hydrogens is 307 g/mol. The molecule has 0 saturated carbocycles. The van der Waals surface area contributed by atoms with E-state index in [-0.39, 0.29) is 30.4 Å². The first-order valence-electron chi connectivity index (χ1n) is 6.20. The quantitative estimate of drug-likeness (QED) is 0.750. The van der Waals surface area contributed by atoms with Gasteiger partial charge in [0.05, 0.1) is 11.6 Å². The SMILES string of the molecule is CCCCN(CCO)S(=O)(=O)c1cc(N)cc(Cl)c1F. The van der Waals surface area contributed by atoms with Gasteiger partial charge in [-0.05, 0) is 18.6 Å². The Kier molecular flexibility index (Phi) is 6.19. The molecule has 0 amide bonds. The van der Waals surface area contributed by atoms with E-state index in [2.05, 4.69) is 0 Å². The van der Waals surface area contributed by atoms with Gasteiger partial charge in [-0.25, -0.2) is 12.8 Å². The Morgan fingerprint density at radius 3 is 2.60 bits per heavy atom. The van der Waals surface area contributed by atoms with Crippen molar-refractivity contribution in [2.24, 2.45) is 0 Å². The van der Waals surface area contributed by atoms with Gasteiger partial charge in [0.2, 0.25) is 10.0 Å². The van der Waals surface area contributed by atoms with Crippen LogP contribution < -0.4 is 5.73 Å². The fourth-order valence-electron chi connectivity index (χ4n) is 1.71. The Labute approximate surface area is 123 Å². The average molecular weight is 325 g/mol. The minimum atomic E-state index is -4.08. The van der Waals surface area contributed by atoms with E-state index in [0.29, 0.717) is 6.42 Å². The van der Waals surface area contributed by atoms with Crippen molar-refractivity contribution < 1.29 is 17.9 Å².